The first-order valence-corrected chi connectivity index (χ1v) is 6.22. The number of rotatable bonds is 7. The number of carbonyl (C=O) groups excluding carboxylic acids is 2. The van der Waals surface area contributed by atoms with Crippen molar-refractivity contribution in [2.45, 2.75) is 23.8 Å². The Balaban J connectivity index is 2.48. The average molecular weight is 252 g/mol. The molecule has 2 N–H and O–H groups in total. The number of aldehydes is 1. The molecule has 1 rings (SSSR count). The molecule has 5 heteroatoms. The second-order valence-electron chi connectivity index (χ2n) is 3.44. The van der Waals surface area contributed by atoms with Crippen LogP contribution in [0, 0.1) is 0 Å². The van der Waals surface area contributed by atoms with Gasteiger partial charge in [-0.15, -0.1) is 0 Å². The van der Waals surface area contributed by atoms with Crippen LogP contribution in [0.25, 0.3) is 0 Å². The maximum absolute atomic E-state index is 11.5. The van der Waals surface area contributed by atoms with E-state index >= 15 is 0 Å². The van der Waals surface area contributed by atoms with Gasteiger partial charge in [0.2, 0.25) is 5.91 Å². The first kappa shape index (κ1) is 13.7. The monoisotopic (exact) mass is 252 g/mol. The van der Waals surface area contributed by atoms with Crippen molar-refractivity contribution in [1.29, 1.82) is 0 Å². The Kier molecular flexibility index (Phi) is 6.35. The first-order valence-electron chi connectivity index (χ1n) is 5.40. The highest BCUT2D eigenvalue weighted by Gasteiger charge is 2.16. The van der Waals surface area contributed by atoms with E-state index in [0.717, 1.165) is 11.2 Å². The molecule has 0 aliphatic heterocycles. The SMILES string of the molecule is CNC(=O)C(CCC=O)NSc1ccccc1. The lowest BCUT2D eigenvalue weighted by atomic mass is 10.2. The lowest BCUT2D eigenvalue weighted by Gasteiger charge is -2.15. The lowest BCUT2D eigenvalue weighted by Crippen LogP contribution is -2.39. The molecule has 0 aromatic heterocycles. The summed E-state index contributed by atoms with van der Waals surface area (Å²) in [5.74, 6) is -0.102. The van der Waals surface area contributed by atoms with Crippen molar-refractivity contribution in [2.24, 2.45) is 0 Å². The predicted octanol–water partition coefficient (Wildman–Crippen LogP) is 1.38. The quantitative estimate of drug-likeness (QED) is 0.568. The number of hydrogen-bond donors (Lipinski definition) is 2. The van der Waals surface area contributed by atoms with Crippen molar-refractivity contribution < 1.29 is 9.59 Å². The van der Waals surface area contributed by atoms with E-state index in [2.05, 4.69) is 10.0 Å². The van der Waals surface area contributed by atoms with Crippen LogP contribution in [0.1, 0.15) is 12.8 Å². The van der Waals surface area contributed by atoms with Crippen molar-refractivity contribution in [3.05, 3.63) is 30.3 Å². The zero-order chi connectivity index (χ0) is 12.5. The minimum absolute atomic E-state index is 0.102. The molecule has 1 aromatic rings. The van der Waals surface area contributed by atoms with E-state index in [4.69, 9.17) is 0 Å². The van der Waals surface area contributed by atoms with Crippen LogP contribution in [0.5, 0.6) is 0 Å². The van der Waals surface area contributed by atoms with Gasteiger partial charge in [0.25, 0.3) is 0 Å². The summed E-state index contributed by atoms with van der Waals surface area (Å²) in [5.41, 5.74) is 0. The van der Waals surface area contributed by atoms with Gasteiger partial charge in [-0.3, -0.25) is 4.79 Å². The molecule has 0 spiro atoms. The number of hydrogen-bond acceptors (Lipinski definition) is 4. The van der Waals surface area contributed by atoms with Gasteiger partial charge < -0.3 is 10.1 Å². The number of amides is 1. The van der Waals surface area contributed by atoms with Crippen LogP contribution in [0.3, 0.4) is 0 Å². The molecule has 1 unspecified atom stereocenters. The first-order chi connectivity index (χ1) is 8.27. The molecule has 0 saturated heterocycles. The third-order valence-corrected chi connectivity index (χ3v) is 3.11. The van der Waals surface area contributed by atoms with Crippen molar-refractivity contribution >= 4 is 24.1 Å². The summed E-state index contributed by atoms with van der Waals surface area (Å²) in [4.78, 5) is 22.9. The lowest BCUT2D eigenvalue weighted by molar-refractivity contribution is -0.122. The number of carbonyl (C=O) groups is 2. The molecule has 0 aliphatic carbocycles. The summed E-state index contributed by atoms with van der Waals surface area (Å²) in [7, 11) is 1.59. The largest absolute Gasteiger partial charge is 0.358 e. The predicted molar refractivity (Wildman–Crippen MR) is 68.6 cm³/mol. The molecular formula is C12H16N2O2S. The average Bonchev–Trinajstić information content (AvgIpc) is 2.39. The Morgan fingerprint density at radius 2 is 2.12 bits per heavy atom. The fourth-order valence-electron chi connectivity index (χ4n) is 1.28. The number of likely N-dealkylation sites (N-methyl/N-ethyl adjacent to an activating group) is 1. The van der Waals surface area contributed by atoms with Crippen LogP contribution in [-0.2, 0) is 9.59 Å². The van der Waals surface area contributed by atoms with Gasteiger partial charge in [-0.05, 0) is 30.5 Å². The summed E-state index contributed by atoms with van der Waals surface area (Å²) < 4.78 is 3.07. The molecule has 0 saturated carbocycles. The van der Waals surface area contributed by atoms with Crippen LogP contribution in [0.15, 0.2) is 35.2 Å². The summed E-state index contributed by atoms with van der Waals surface area (Å²) in [6.07, 6.45) is 1.70. The zero-order valence-electron chi connectivity index (χ0n) is 9.68. The molecular weight excluding hydrogens is 236 g/mol. The van der Waals surface area contributed by atoms with Gasteiger partial charge in [0.15, 0.2) is 0 Å². The van der Waals surface area contributed by atoms with E-state index in [1.54, 1.807) is 7.05 Å². The third-order valence-electron chi connectivity index (χ3n) is 2.20. The molecule has 0 radical (unpaired) electrons. The number of nitrogens with one attached hydrogen (secondary N) is 2. The zero-order valence-corrected chi connectivity index (χ0v) is 10.5. The van der Waals surface area contributed by atoms with Crippen molar-refractivity contribution in [1.82, 2.24) is 10.0 Å². The van der Waals surface area contributed by atoms with Gasteiger partial charge >= 0.3 is 0 Å². The Bertz CT molecular complexity index is 357. The van der Waals surface area contributed by atoms with Gasteiger partial charge in [-0.1, -0.05) is 18.2 Å². The molecule has 0 heterocycles. The normalized spacial score (nSPS) is 11.8. The highest BCUT2D eigenvalue weighted by molar-refractivity contribution is 7.97. The summed E-state index contributed by atoms with van der Waals surface area (Å²) >= 11 is 1.40. The van der Waals surface area contributed by atoms with E-state index in [1.165, 1.54) is 11.9 Å². The number of benzene rings is 1. The van der Waals surface area contributed by atoms with E-state index in [-0.39, 0.29) is 11.9 Å². The molecule has 1 amide bonds. The summed E-state index contributed by atoms with van der Waals surface area (Å²) in [6.45, 7) is 0. The minimum atomic E-state index is -0.351. The highest BCUT2D eigenvalue weighted by Crippen LogP contribution is 2.15. The van der Waals surface area contributed by atoms with Crippen LogP contribution >= 0.6 is 11.9 Å². The molecule has 4 nitrogen and oxygen atoms in total. The van der Waals surface area contributed by atoms with Gasteiger partial charge in [-0.25, -0.2) is 4.72 Å². The second-order valence-corrected chi connectivity index (χ2v) is 4.36. The van der Waals surface area contributed by atoms with E-state index in [9.17, 15) is 9.59 Å². The van der Waals surface area contributed by atoms with Crippen LogP contribution in [-0.4, -0.2) is 25.3 Å². The van der Waals surface area contributed by atoms with E-state index in [0.29, 0.717) is 12.8 Å². The molecule has 1 atom stereocenters. The van der Waals surface area contributed by atoms with Gasteiger partial charge in [0.1, 0.15) is 6.29 Å². The Morgan fingerprint density at radius 3 is 2.71 bits per heavy atom. The fourth-order valence-corrected chi connectivity index (χ4v) is 2.08. The standard InChI is InChI=1S/C12H16N2O2S/c1-13-12(16)11(8-5-9-15)14-17-10-6-3-2-4-7-10/h2-4,6-7,9,11,14H,5,8H2,1H3,(H,13,16). The molecule has 0 fully saturated rings. The highest BCUT2D eigenvalue weighted by atomic mass is 32.2. The Labute approximate surface area is 105 Å². The van der Waals surface area contributed by atoms with Gasteiger partial charge in [-0.2, -0.15) is 0 Å². The fraction of sp³-hybridized carbons (Fsp3) is 0.333. The van der Waals surface area contributed by atoms with E-state index < -0.39 is 0 Å². The maximum Gasteiger partial charge on any atom is 0.237 e. The topological polar surface area (TPSA) is 58.2 Å². The molecule has 92 valence electrons. The third kappa shape index (κ3) is 5.01. The van der Waals surface area contributed by atoms with Crippen molar-refractivity contribution in [2.75, 3.05) is 7.05 Å². The molecule has 0 aliphatic rings. The van der Waals surface area contributed by atoms with Crippen molar-refractivity contribution in [3.8, 4) is 0 Å². The van der Waals surface area contributed by atoms with E-state index in [1.807, 2.05) is 30.3 Å². The molecule has 1 aromatic carbocycles. The Morgan fingerprint density at radius 1 is 1.41 bits per heavy atom. The Hall–Kier alpha value is -1.33. The molecule has 17 heavy (non-hydrogen) atoms. The summed E-state index contributed by atoms with van der Waals surface area (Å²) in [6, 6.07) is 9.37. The van der Waals surface area contributed by atoms with Crippen LogP contribution < -0.4 is 10.0 Å². The van der Waals surface area contributed by atoms with Crippen molar-refractivity contribution in [3.63, 3.8) is 0 Å². The smallest absolute Gasteiger partial charge is 0.237 e. The van der Waals surface area contributed by atoms with Gasteiger partial charge in [0, 0.05) is 18.4 Å². The molecule has 0 bridgehead atoms. The minimum Gasteiger partial charge on any atom is -0.358 e. The van der Waals surface area contributed by atoms with Gasteiger partial charge in [0.05, 0.1) is 6.04 Å². The maximum atomic E-state index is 11.5. The van der Waals surface area contributed by atoms with Crippen LogP contribution in [0.4, 0.5) is 0 Å². The second kappa shape index (κ2) is 7.86. The summed E-state index contributed by atoms with van der Waals surface area (Å²) in [5, 5.41) is 2.58. The van der Waals surface area contributed by atoms with Crippen LogP contribution in [0.2, 0.25) is 0 Å².